The Labute approximate surface area is 194 Å². The highest BCUT2D eigenvalue weighted by Gasteiger charge is 2.44. The highest BCUT2D eigenvalue weighted by atomic mass is 79.9. The van der Waals surface area contributed by atoms with Crippen molar-refractivity contribution in [1.29, 1.82) is 0 Å². The van der Waals surface area contributed by atoms with Gasteiger partial charge < -0.3 is 14.0 Å². The maximum Gasteiger partial charge on any atom is 0.430 e. The van der Waals surface area contributed by atoms with Gasteiger partial charge in [0.05, 0.1) is 19.7 Å². The zero-order chi connectivity index (χ0) is 22.0. The largest absolute Gasteiger partial charge is 0.430 e. The second kappa shape index (κ2) is 9.79. The molecule has 3 heterocycles. The van der Waals surface area contributed by atoms with Gasteiger partial charge in [0, 0.05) is 25.1 Å². The number of quaternary nitrogens is 1. The summed E-state index contributed by atoms with van der Waals surface area (Å²) in [7, 11) is 1.64. The van der Waals surface area contributed by atoms with Gasteiger partial charge in [0.15, 0.2) is 22.5 Å². The number of carbonyl (C=O) groups is 2. The van der Waals surface area contributed by atoms with Crippen LogP contribution >= 0.6 is 27.5 Å². The maximum atomic E-state index is 13.3. The van der Waals surface area contributed by atoms with Crippen molar-refractivity contribution < 1.29 is 24.0 Å². The molecule has 4 rings (SSSR count). The minimum absolute atomic E-state index is 0.178. The van der Waals surface area contributed by atoms with Crippen molar-refractivity contribution in [2.24, 2.45) is 0 Å². The molecule has 1 aromatic heterocycles. The number of carbonyl (C=O) groups excluding carboxylic acids is 2. The van der Waals surface area contributed by atoms with Gasteiger partial charge in [-0.1, -0.05) is 23.7 Å². The molecule has 2 aromatic rings. The van der Waals surface area contributed by atoms with E-state index < -0.39 is 0 Å². The summed E-state index contributed by atoms with van der Waals surface area (Å²) in [4.78, 5) is 32.3. The molecule has 1 fully saturated rings. The molecule has 2 atom stereocenters. The summed E-state index contributed by atoms with van der Waals surface area (Å²) in [6.07, 6.45) is 3.44. The molecule has 0 radical (unpaired) electrons. The molecule has 2 aliphatic rings. The fourth-order valence-corrected chi connectivity index (χ4v) is 4.45. The topological polar surface area (TPSA) is 78.1 Å². The number of aromatic nitrogens is 2. The zero-order valence-electron chi connectivity index (χ0n) is 17.3. The summed E-state index contributed by atoms with van der Waals surface area (Å²) in [5.74, 6) is 0.0885. The molecular weight excluding hydrogens is 488 g/mol. The van der Waals surface area contributed by atoms with Gasteiger partial charge in [-0.05, 0) is 52.9 Å². The first-order valence-corrected chi connectivity index (χ1v) is 11.5. The Kier molecular flexibility index (Phi) is 7.08. The Morgan fingerprint density at radius 2 is 2.06 bits per heavy atom. The lowest BCUT2D eigenvalue weighted by Crippen LogP contribution is -3.19. The van der Waals surface area contributed by atoms with Gasteiger partial charge in [-0.25, -0.2) is 19.5 Å². The molecule has 2 unspecified atom stereocenters. The van der Waals surface area contributed by atoms with Gasteiger partial charge in [0.1, 0.15) is 0 Å². The number of halogens is 2. The van der Waals surface area contributed by atoms with E-state index in [-0.39, 0.29) is 23.1 Å². The molecule has 0 aliphatic carbocycles. The van der Waals surface area contributed by atoms with Gasteiger partial charge in [-0.3, -0.25) is 0 Å². The van der Waals surface area contributed by atoms with Crippen molar-refractivity contribution in [3.63, 3.8) is 0 Å². The Balaban J connectivity index is 1.47. The summed E-state index contributed by atoms with van der Waals surface area (Å²) in [5, 5.41) is 0.647. The smallest absolute Gasteiger partial charge is 0.353 e. The molecule has 2 aliphatic heterocycles. The molecule has 1 N–H and O–H groups in total. The lowest BCUT2D eigenvalue weighted by atomic mass is 10.2. The average Bonchev–Trinajstić information content (AvgIpc) is 3.10. The summed E-state index contributed by atoms with van der Waals surface area (Å²) in [6, 6.07) is 7.10. The van der Waals surface area contributed by atoms with Gasteiger partial charge in [-0.2, -0.15) is 4.90 Å². The summed E-state index contributed by atoms with van der Waals surface area (Å²) >= 11 is 9.42. The van der Waals surface area contributed by atoms with E-state index in [0.29, 0.717) is 47.4 Å². The number of imide groups is 1. The Morgan fingerprint density at radius 1 is 1.29 bits per heavy atom. The monoisotopic (exact) mass is 511 g/mol. The lowest BCUT2D eigenvalue weighted by molar-refractivity contribution is -0.724. The molecule has 8 nitrogen and oxygen atoms in total. The first kappa shape index (κ1) is 22.4. The fourth-order valence-electron chi connectivity index (χ4n) is 3.85. The molecular formula is C21H25BrClN4O4+. The third kappa shape index (κ3) is 4.85. The number of amides is 3. The standard InChI is InChI=1S/C21H24BrClN4O4/c1-25-18-17(27(20(22)24-18)13-14-6-8-15(23)9-7-14)19(28)26(21(25)29)10-4-12-31-16-5-2-3-11-30-16/h6-9,16H,2-5,10-13H2,1H3/p+1. The molecule has 31 heavy (non-hydrogen) atoms. The van der Waals surface area contributed by atoms with Crippen LogP contribution in [-0.4, -0.2) is 54.6 Å². The van der Waals surface area contributed by atoms with E-state index in [2.05, 4.69) is 20.9 Å². The number of nitrogens with zero attached hydrogens (tertiary/aromatic N) is 3. The van der Waals surface area contributed by atoms with Crippen molar-refractivity contribution in [3.8, 4) is 0 Å². The molecule has 1 aromatic carbocycles. The van der Waals surface area contributed by atoms with Crippen LogP contribution in [0.5, 0.6) is 0 Å². The number of imidazole rings is 1. The van der Waals surface area contributed by atoms with Crippen LogP contribution in [0, 0.1) is 0 Å². The van der Waals surface area contributed by atoms with Crippen LogP contribution in [0.2, 0.25) is 5.02 Å². The minimum Gasteiger partial charge on any atom is -0.353 e. The van der Waals surface area contributed by atoms with Crippen LogP contribution in [0.3, 0.4) is 0 Å². The van der Waals surface area contributed by atoms with Crippen LogP contribution in [0.15, 0.2) is 29.0 Å². The molecule has 0 saturated carbocycles. The second-order valence-corrected chi connectivity index (χ2v) is 8.85. The van der Waals surface area contributed by atoms with E-state index >= 15 is 0 Å². The van der Waals surface area contributed by atoms with E-state index in [1.54, 1.807) is 23.7 Å². The SMILES string of the molecule is CN1C(=O)[NH+](CCCOC2CCCCO2)C(=O)c2c1nc(Br)n2Cc1ccc(Cl)cc1. The van der Waals surface area contributed by atoms with Crippen molar-refractivity contribution in [3.05, 3.63) is 45.3 Å². The number of benzene rings is 1. The van der Waals surface area contributed by atoms with E-state index in [1.807, 2.05) is 12.1 Å². The predicted molar refractivity (Wildman–Crippen MR) is 119 cm³/mol. The zero-order valence-corrected chi connectivity index (χ0v) is 19.6. The highest BCUT2D eigenvalue weighted by molar-refractivity contribution is 9.10. The lowest BCUT2D eigenvalue weighted by Gasteiger charge is -2.26. The summed E-state index contributed by atoms with van der Waals surface area (Å²) in [5.41, 5.74) is 1.38. The van der Waals surface area contributed by atoms with E-state index in [9.17, 15) is 9.59 Å². The number of fused-ring (bicyclic) bond motifs is 1. The van der Waals surface area contributed by atoms with Gasteiger partial charge >= 0.3 is 11.9 Å². The van der Waals surface area contributed by atoms with Crippen LogP contribution in [0.4, 0.5) is 10.6 Å². The van der Waals surface area contributed by atoms with Gasteiger partial charge in [0.25, 0.3) is 0 Å². The van der Waals surface area contributed by atoms with Crippen molar-refractivity contribution in [2.45, 2.75) is 38.5 Å². The first-order valence-electron chi connectivity index (χ1n) is 10.4. The number of hydrogen-bond donors (Lipinski definition) is 1. The molecule has 166 valence electrons. The Bertz CT molecular complexity index is 959. The quantitative estimate of drug-likeness (QED) is 0.577. The highest BCUT2D eigenvalue weighted by Crippen LogP contribution is 2.27. The number of urea groups is 1. The van der Waals surface area contributed by atoms with Crippen LogP contribution in [0.1, 0.15) is 41.7 Å². The van der Waals surface area contributed by atoms with Gasteiger partial charge in [-0.15, -0.1) is 0 Å². The summed E-state index contributed by atoms with van der Waals surface area (Å²) in [6.45, 7) is 1.94. The third-order valence-corrected chi connectivity index (χ3v) is 6.40. The third-order valence-electron chi connectivity index (χ3n) is 5.54. The van der Waals surface area contributed by atoms with Crippen molar-refractivity contribution in [2.75, 3.05) is 31.7 Å². The number of anilines is 1. The van der Waals surface area contributed by atoms with Crippen LogP contribution < -0.4 is 9.80 Å². The van der Waals surface area contributed by atoms with E-state index in [1.165, 1.54) is 4.90 Å². The van der Waals surface area contributed by atoms with Crippen LogP contribution in [0.25, 0.3) is 0 Å². The maximum absolute atomic E-state index is 13.3. The Hall–Kier alpha value is -1.78. The van der Waals surface area contributed by atoms with Crippen molar-refractivity contribution in [1.82, 2.24) is 9.55 Å². The molecule has 1 saturated heterocycles. The number of ether oxygens (including phenoxy) is 2. The molecule has 3 amide bonds. The second-order valence-electron chi connectivity index (χ2n) is 7.71. The number of hydrogen-bond acceptors (Lipinski definition) is 5. The fraction of sp³-hybridized carbons (Fsp3) is 0.476. The van der Waals surface area contributed by atoms with E-state index in [0.717, 1.165) is 31.4 Å². The Morgan fingerprint density at radius 3 is 2.77 bits per heavy atom. The molecule has 10 heteroatoms. The van der Waals surface area contributed by atoms with Crippen molar-refractivity contribution >= 4 is 45.3 Å². The summed E-state index contributed by atoms with van der Waals surface area (Å²) < 4.78 is 13.6. The van der Waals surface area contributed by atoms with Crippen LogP contribution in [-0.2, 0) is 16.0 Å². The molecule has 0 spiro atoms. The predicted octanol–water partition coefficient (Wildman–Crippen LogP) is 2.88. The normalized spacial score (nSPS) is 21.5. The number of rotatable bonds is 7. The van der Waals surface area contributed by atoms with Gasteiger partial charge in [0.2, 0.25) is 0 Å². The minimum atomic E-state index is -0.310. The first-order chi connectivity index (χ1) is 15.0. The molecule has 0 bridgehead atoms. The number of nitrogens with one attached hydrogen (secondary N) is 1. The van der Waals surface area contributed by atoms with E-state index in [4.69, 9.17) is 21.1 Å². The average molecular weight is 513 g/mol.